The van der Waals surface area contributed by atoms with Gasteiger partial charge in [0, 0.05) is 37.8 Å². The average molecular weight is 282 g/mol. The summed E-state index contributed by atoms with van der Waals surface area (Å²) in [4.78, 5) is 17.1. The average Bonchev–Trinajstić information content (AvgIpc) is 3.15. The first-order valence-corrected chi connectivity index (χ1v) is 7.50. The normalized spacial score (nSPS) is 24.3. The van der Waals surface area contributed by atoms with Crippen LogP contribution in [0, 0.1) is 0 Å². The third-order valence-electron chi connectivity index (χ3n) is 4.48. The van der Waals surface area contributed by atoms with E-state index in [1.807, 2.05) is 41.3 Å². The van der Waals surface area contributed by atoms with E-state index in [4.69, 9.17) is 4.42 Å². The van der Waals surface area contributed by atoms with Crippen LogP contribution in [0.4, 0.5) is 0 Å². The number of fused-ring (bicyclic) bond motifs is 2. The zero-order chi connectivity index (χ0) is 14.2. The maximum Gasteiger partial charge on any atom is 0.289 e. The number of nitrogens with zero attached hydrogens (tertiary/aromatic N) is 2. The Bertz CT molecular complexity index is 650. The minimum atomic E-state index is 0.0312. The minimum absolute atomic E-state index is 0.0312. The first-order chi connectivity index (χ1) is 10.3. The fraction of sp³-hybridized carbons (Fsp3) is 0.353. The van der Waals surface area contributed by atoms with Gasteiger partial charge in [-0.15, -0.1) is 0 Å². The molecule has 4 heteroatoms. The monoisotopic (exact) mass is 282 g/mol. The second-order valence-electron chi connectivity index (χ2n) is 5.77. The highest BCUT2D eigenvalue weighted by atomic mass is 16.4. The van der Waals surface area contributed by atoms with Crippen molar-refractivity contribution in [3.05, 3.63) is 48.2 Å². The lowest BCUT2D eigenvalue weighted by atomic mass is 10.2. The number of piperazine rings is 1. The molecule has 2 aliphatic rings. The zero-order valence-corrected chi connectivity index (χ0v) is 11.9. The number of furan rings is 1. The number of carbonyl (C=O) groups excluding carboxylic acids is 1. The molecule has 2 aliphatic heterocycles. The summed E-state index contributed by atoms with van der Waals surface area (Å²) >= 11 is 0. The summed E-state index contributed by atoms with van der Waals surface area (Å²) in [6.07, 6.45) is 1.08. The SMILES string of the molecule is O=C(c1ccc(-c2ccccc2)o1)N1CCN2CCC1C2. The van der Waals surface area contributed by atoms with Gasteiger partial charge in [-0.25, -0.2) is 0 Å². The quantitative estimate of drug-likeness (QED) is 0.849. The van der Waals surface area contributed by atoms with Gasteiger partial charge >= 0.3 is 0 Å². The van der Waals surface area contributed by atoms with Gasteiger partial charge in [0.05, 0.1) is 0 Å². The molecule has 0 spiro atoms. The number of hydrogen-bond donors (Lipinski definition) is 0. The Morgan fingerprint density at radius 3 is 2.76 bits per heavy atom. The molecule has 4 nitrogen and oxygen atoms in total. The Hall–Kier alpha value is -2.07. The molecule has 0 saturated carbocycles. The van der Waals surface area contributed by atoms with Crippen molar-refractivity contribution < 1.29 is 9.21 Å². The minimum Gasteiger partial charge on any atom is -0.451 e. The lowest BCUT2D eigenvalue weighted by Gasteiger charge is -2.33. The highest BCUT2D eigenvalue weighted by molar-refractivity contribution is 5.92. The van der Waals surface area contributed by atoms with Gasteiger partial charge in [-0.2, -0.15) is 0 Å². The molecule has 2 atom stereocenters. The largest absolute Gasteiger partial charge is 0.451 e. The van der Waals surface area contributed by atoms with E-state index in [2.05, 4.69) is 4.90 Å². The van der Waals surface area contributed by atoms with Crippen molar-refractivity contribution in [3.63, 3.8) is 0 Å². The Kier molecular flexibility index (Phi) is 3.04. The molecular weight excluding hydrogens is 264 g/mol. The van der Waals surface area contributed by atoms with Crippen molar-refractivity contribution in [2.45, 2.75) is 12.5 Å². The molecule has 0 N–H and O–H groups in total. The second kappa shape index (κ2) is 5.04. The van der Waals surface area contributed by atoms with Crippen LogP contribution in [-0.2, 0) is 0 Å². The van der Waals surface area contributed by atoms with Crippen LogP contribution in [0.2, 0.25) is 0 Å². The molecule has 108 valence electrons. The van der Waals surface area contributed by atoms with Crippen LogP contribution in [0.15, 0.2) is 46.9 Å². The van der Waals surface area contributed by atoms with Gasteiger partial charge in [-0.05, 0) is 18.6 Å². The van der Waals surface area contributed by atoms with Gasteiger partial charge in [-0.3, -0.25) is 9.69 Å². The van der Waals surface area contributed by atoms with Crippen LogP contribution in [0.1, 0.15) is 17.0 Å². The molecule has 2 unspecified atom stereocenters. The van der Waals surface area contributed by atoms with Crippen LogP contribution in [0.5, 0.6) is 0 Å². The molecule has 3 heterocycles. The Morgan fingerprint density at radius 1 is 1.05 bits per heavy atom. The highest BCUT2D eigenvalue weighted by Gasteiger charge is 2.36. The van der Waals surface area contributed by atoms with Crippen molar-refractivity contribution in [2.75, 3.05) is 26.2 Å². The third kappa shape index (κ3) is 2.25. The number of benzene rings is 1. The zero-order valence-electron chi connectivity index (χ0n) is 11.9. The van der Waals surface area contributed by atoms with Crippen molar-refractivity contribution in [3.8, 4) is 11.3 Å². The molecule has 2 aromatic rings. The maximum absolute atomic E-state index is 12.6. The van der Waals surface area contributed by atoms with Crippen molar-refractivity contribution in [1.29, 1.82) is 0 Å². The van der Waals surface area contributed by atoms with E-state index in [9.17, 15) is 4.79 Å². The fourth-order valence-corrected chi connectivity index (χ4v) is 3.32. The van der Waals surface area contributed by atoms with E-state index in [1.54, 1.807) is 6.07 Å². The summed E-state index contributed by atoms with van der Waals surface area (Å²) in [5.41, 5.74) is 1.00. The van der Waals surface area contributed by atoms with Crippen molar-refractivity contribution in [2.24, 2.45) is 0 Å². The molecule has 1 aromatic carbocycles. The van der Waals surface area contributed by atoms with Gasteiger partial charge in [0.2, 0.25) is 0 Å². The second-order valence-corrected chi connectivity index (χ2v) is 5.77. The van der Waals surface area contributed by atoms with Crippen LogP contribution in [0.3, 0.4) is 0 Å². The topological polar surface area (TPSA) is 36.7 Å². The molecule has 21 heavy (non-hydrogen) atoms. The predicted octanol–water partition coefficient (Wildman–Crippen LogP) is 2.48. The van der Waals surface area contributed by atoms with Crippen molar-refractivity contribution in [1.82, 2.24) is 9.80 Å². The van der Waals surface area contributed by atoms with Crippen LogP contribution >= 0.6 is 0 Å². The van der Waals surface area contributed by atoms with Gasteiger partial charge < -0.3 is 9.32 Å². The predicted molar refractivity (Wildman–Crippen MR) is 80.0 cm³/mol. The smallest absolute Gasteiger partial charge is 0.289 e. The summed E-state index contributed by atoms with van der Waals surface area (Å²) in [5, 5.41) is 0. The first kappa shape index (κ1) is 12.7. The van der Waals surface area contributed by atoms with E-state index >= 15 is 0 Å². The number of hydrogen-bond acceptors (Lipinski definition) is 3. The molecule has 1 aromatic heterocycles. The van der Waals surface area contributed by atoms with Crippen molar-refractivity contribution >= 4 is 5.91 Å². The Balaban J connectivity index is 1.56. The van der Waals surface area contributed by atoms with Crippen LogP contribution in [-0.4, -0.2) is 47.9 Å². The van der Waals surface area contributed by atoms with E-state index in [0.717, 1.165) is 43.9 Å². The molecule has 2 saturated heterocycles. The lowest BCUT2D eigenvalue weighted by Crippen LogP contribution is -2.49. The summed E-state index contributed by atoms with van der Waals surface area (Å²) in [7, 11) is 0. The molecule has 0 radical (unpaired) electrons. The van der Waals surface area contributed by atoms with E-state index in [-0.39, 0.29) is 5.91 Å². The van der Waals surface area contributed by atoms with Gasteiger partial charge in [-0.1, -0.05) is 30.3 Å². The van der Waals surface area contributed by atoms with Crippen LogP contribution < -0.4 is 0 Å². The Morgan fingerprint density at radius 2 is 1.90 bits per heavy atom. The van der Waals surface area contributed by atoms with E-state index in [0.29, 0.717) is 11.8 Å². The van der Waals surface area contributed by atoms with Gasteiger partial charge in [0.1, 0.15) is 5.76 Å². The summed E-state index contributed by atoms with van der Waals surface area (Å²) in [6.45, 7) is 3.92. The maximum atomic E-state index is 12.6. The lowest BCUT2D eigenvalue weighted by molar-refractivity contribution is 0.0578. The molecule has 1 amide bonds. The Labute approximate surface area is 124 Å². The van der Waals surface area contributed by atoms with Gasteiger partial charge in [0.25, 0.3) is 5.91 Å². The summed E-state index contributed by atoms with van der Waals surface area (Å²) in [5.74, 6) is 1.24. The first-order valence-electron chi connectivity index (χ1n) is 7.50. The highest BCUT2D eigenvalue weighted by Crippen LogP contribution is 2.26. The number of rotatable bonds is 2. The van der Waals surface area contributed by atoms with E-state index < -0.39 is 0 Å². The third-order valence-corrected chi connectivity index (χ3v) is 4.48. The molecule has 0 aliphatic carbocycles. The summed E-state index contributed by atoms with van der Waals surface area (Å²) < 4.78 is 5.79. The standard InChI is InChI=1S/C17H18N2O2/c20-17(19-11-10-18-9-8-14(19)12-18)16-7-6-15(21-16)13-4-2-1-3-5-13/h1-7,14H,8-12H2. The van der Waals surface area contributed by atoms with Crippen LogP contribution in [0.25, 0.3) is 11.3 Å². The number of amides is 1. The van der Waals surface area contributed by atoms with E-state index in [1.165, 1.54) is 0 Å². The molecule has 4 rings (SSSR count). The fourth-order valence-electron chi connectivity index (χ4n) is 3.32. The molecule has 2 fully saturated rings. The molecular formula is C17H18N2O2. The number of carbonyl (C=O) groups is 1. The van der Waals surface area contributed by atoms with Gasteiger partial charge in [0.15, 0.2) is 5.76 Å². The summed E-state index contributed by atoms with van der Waals surface area (Å²) in [6, 6.07) is 13.9. The molecule has 2 bridgehead atoms.